The fourth-order valence-corrected chi connectivity index (χ4v) is 2.26. The van der Waals surface area contributed by atoms with E-state index in [-0.39, 0.29) is 11.3 Å². The number of anilines is 1. The topological polar surface area (TPSA) is 55.1 Å². The second-order valence-corrected chi connectivity index (χ2v) is 6.15. The quantitative estimate of drug-likeness (QED) is 0.902. The highest BCUT2D eigenvalue weighted by molar-refractivity contribution is 6.05. The average molecular weight is 282 g/mol. The van der Waals surface area contributed by atoms with Crippen LogP contribution in [0.2, 0.25) is 0 Å². The molecular formula is C18H22N2O. The van der Waals surface area contributed by atoms with E-state index in [9.17, 15) is 4.79 Å². The van der Waals surface area contributed by atoms with Crippen LogP contribution in [0.5, 0.6) is 0 Å². The van der Waals surface area contributed by atoms with Gasteiger partial charge in [-0.25, -0.2) is 0 Å². The molecule has 0 aliphatic carbocycles. The van der Waals surface area contributed by atoms with E-state index in [0.717, 1.165) is 16.8 Å². The molecule has 3 heteroatoms. The van der Waals surface area contributed by atoms with Gasteiger partial charge in [-0.15, -0.1) is 0 Å². The Labute approximate surface area is 126 Å². The SMILES string of the molecule is CC(C)(C)c1ccccc1C(=O)Nc1ccc(CN)cc1. The van der Waals surface area contributed by atoms with Gasteiger partial charge in [0.05, 0.1) is 0 Å². The second-order valence-electron chi connectivity index (χ2n) is 6.15. The highest BCUT2D eigenvalue weighted by atomic mass is 16.1. The molecule has 21 heavy (non-hydrogen) atoms. The third kappa shape index (κ3) is 3.70. The summed E-state index contributed by atoms with van der Waals surface area (Å²) in [5.41, 5.74) is 9.08. The van der Waals surface area contributed by atoms with E-state index >= 15 is 0 Å². The van der Waals surface area contributed by atoms with Crippen LogP contribution in [0.25, 0.3) is 0 Å². The fraction of sp³-hybridized carbons (Fsp3) is 0.278. The zero-order valence-electron chi connectivity index (χ0n) is 12.8. The summed E-state index contributed by atoms with van der Waals surface area (Å²) in [7, 11) is 0. The molecule has 0 saturated carbocycles. The number of hydrogen-bond acceptors (Lipinski definition) is 2. The van der Waals surface area contributed by atoms with Gasteiger partial charge in [-0.05, 0) is 34.7 Å². The van der Waals surface area contributed by atoms with Gasteiger partial charge < -0.3 is 11.1 Å². The first-order chi connectivity index (χ1) is 9.91. The molecule has 0 aliphatic rings. The van der Waals surface area contributed by atoms with Gasteiger partial charge in [0.2, 0.25) is 0 Å². The number of amides is 1. The van der Waals surface area contributed by atoms with Crippen LogP contribution in [-0.2, 0) is 12.0 Å². The molecule has 0 unspecified atom stereocenters. The Morgan fingerprint density at radius 3 is 2.24 bits per heavy atom. The summed E-state index contributed by atoms with van der Waals surface area (Å²) in [5, 5.41) is 2.94. The van der Waals surface area contributed by atoms with Crippen LogP contribution in [0.1, 0.15) is 42.3 Å². The molecule has 1 amide bonds. The Bertz CT molecular complexity index is 624. The lowest BCUT2D eigenvalue weighted by atomic mass is 9.83. The minimum absolute atomic E-state index is 0.0721. The molecule has 0 radical (unpaired) electrons. The average Bonchev–Trinajstić information content (AvgIpc) is 2.47. The standard InChI is InChI=1S/C18H22N2O/c1-18(2,3)16-7-5-4-6-15(16)17(21)20-14-10-8-13(12-19)9-11-14/h4-11H,12,19H2,1-3H3,(H,20,21). The molecule has 0 heterocycles. The molecule has 2 aromatic carbocycles. The van der Waals surface area contributed by atoms with E-state index in [0.29, 0.717) is 12.1 Å². The van der Waals surface area contributed by atoms with Crippen molar-refractivity contribution in [1.82, 2.24) is 0 Å². The van der Waals surface area contributed by atoms with Crippen molar-refractivity contribution in [3.8, 4) is 0 Å². The summed E-state index contributed by atoms with van der Waals surface area (Å²) in [5.74, 6) is -0.0824. The predicted molar refractivity (Wildman–Crippen MR) is 87.4 cm³/mol. The molecule has 0 saturated heterocycles. The molecule has 2 rings (SSSR count). The summed E-state index contributed by atoms with van der Waals surface area (Å²) in [4.78, 5) is 12.5. The van der Waals surface area contributed by atoms with Crippen molar-refractivity contribution in [3.05, 3.63) is 65.2 Å². The molecular weight excluding hydrogens is 260 g/mol. The highest BCUT2D eigenvalue weighted by Crippen LogP contribution is 2.26. The van der Waals surface area contributed by atoms with Gasteiger partial charge >= 0.3 is 0 Å². The Kier molecular flexibility index (Phi) is 4.43. The lowest BCUT2D eigenvalue weighted by Crippen LogP contribution is -2.20. The Morgan fingerprint density at radius 2 is 1.67 bits per heavy atom. The van der Waals surface area contributed by atoms with Gasteiger partial charge in [0.25, 0.3) is 5.91 Å². The molecule has 0 aromatic heterocycles. The van der Waals surface area contributed by atoms with Crippen LogP contribution in [0, 0.1) is 0 Å². The van der Waals surface area contributed by atoms with E-state index in [4.69, 9.17) is 5.73 Å². The maximum atomic E-state index is 12.5. The van der Waals surface area contributed by atoms with Crippen LogP contribution >= 0.6 is 0 Å². The number of carbonyl (C=O) groups is 1. The summed E-state index contributed by atoms with van der Waals surface area (Å²) >= 11 is 0. The lowest BCUT2D eigenvalue weighted by molar-refractivity contribution is 0.102. The Hall–Kier alpha value is -2.13. The van der Waals surface area contributed by atoms with E-state index in [1.54, 1.807) is 0 Å². The van der Waals surface area contributed by atoms with Crippen LogP contribution < -0.4 is 11.1 Å². The third-order valence-electron chi connectivity index (χ3n) is 3.43. The molecule has 0 atom stereocenters. The zero-order chi connectivity index (χ0) is 15.5. The number of benzene rings is 2. The molecule has 0 aliphatic heterocycles. The summed E-state index contributed by atoms with van der Waals surface area (Å²) in [6.07, 6.45) is 0. The molecule has 3 N–H and O–H groups in total. The fourth-order valence-electron chi connectivity index (χ4n) is 2.26. The van der Waals surface area contributed by atoms with E-state index in [2.05, 4.69) is 26.1 Å². The highest BCUT2D eigenvalue weighted by Gasteiger charge is 2.21. The number of hydrogen-bond donors (Lipinski definition) is 2. The number of rotatable bonds is 3. The Balaban J connectivity index is 2.24. The van der Waals surface area contributed by atoms with Crippen LogP contribution in [0.15, 0.2) is 48.5 Å². The first-order valence-corrected chi connectivity index (χ1v) is 7.11. The van der Waals surface area contributed by atoms with E-state index in [1.165, 1.54) is 0 Å². The summed E-state index contributed by atoms with van der Waals surface area (Å²) < 4.78 is 0. The van der Waals surface area contributed by atoms with Crippen molar-refractivity contribution in [1.29, 1.82) is 0 Å². The summed E-state index contributed by atoms with van der Waals surface area (Å²) in [6, 6.07) is 15.3. The van der Waals surface area contributed by atoms with E-state index in [1.807, 2.05) is 48.5 Å². The van der Waals surface area contributed by atoms with Crippen molar-refractivity contribution in [2.24, 2.45) is 5.73 Å². The largest absolute Gasteiger partial charge is 0.326 e. The van der Waals surface area contributed by atoms with Crippen molar-refractivity contribution in [2.75, 3.05) is 5.32 Å². The van der Waals surface area contributed by atoms with Crippen LogP contribution in [-0.4, -0.2) is 5.91 Å². The van der Waals surface area contributed by atoms with Crippen molar-refractivity contribution >= 4 is 11.6 Å². The molecule has 2 aromatic rings. The maximum Gasteiger partial charge on any atom is 0.255 e. The monoisotopic (exact) mass is 282 g/mol. The number of nitrogens with one attached hydrogen (secondary N) is 1. The zero-order valence-corrected chi connectivity index (χ0v) is 12.8. The van der Waals surface area contributed by atoms with Gasteiger partial charge in [0.1, 0.15) is 0 Å². The van der Waals surface area contributed by atoms with Crippen molar-refractivity contribution < 1.29 is 4.79 Å². The lowest BCUT2D eigenvalue weighted by Gasteiger charge is -2.22. The minimum atomic E-state index is -0.0824. The second kappa shape index (κ2) is 6.10. The minimum Gasteiger partial charge on any atom is -0.326 e. The van der Waals surface area contributed by atoms with Gasteiger partial charge in [0.15, 0.2) is 0 Å². The van der Waals surface area contributed by atoms with Gasteiger partial charge in [-0.3, -0.25) is 4.79 Å². The molecule has 0 spiro atoms. The maximum absolute atomic E-state index is 12.5. The molecule has 3 nitrogen and oxygen atoms in total. The Morgan fingerprint density at radius 1 is 1.05 bits per heavy atom. The summed E-state index contributed by atoms with van der Waals surface area (Å²) in [6.45, 7) is 6.82. The van der Waals surface area contributed by atoms with Gasteiger partial charge in [-0.1, -0.05) is 51.1 Å². The number of nitrogens with two attached hydrogens (primary N) is 1. The van der Waals surface area contributed by atoms with Gasteiger partial charge in [-0.2, -0.15) is 0 Å². The predicted octanol–water partition coefficient (Wildman–Crippen LogP) is 3.70. The normalized spacial score (nSPS) is 11.2. The van der Waals surface area contributed by atoms with Crippen LogP contribution in [0.3, 0.4) is 0 Å². The van der Waals surface area contributed by atoms with Crippen molar-refractivity contribution in [3.63, 3.8) is 0 Å². The molecule has 0 fully saturated rings. The molecule has 0 bridgehead atoms. The van der Waals surface area contributed by atoms with Gasteiger partial charge in [0, 0.05) is 17.8 Å². The van der Waals surface area contributed by atoms with Crippen LogP contribution in [0.4, 0.5) is 5.69 Å². The first kappa shape index (κ1) is 15.3. The van der Waals surface area contributed by atoms with Crippen molar-refractivity contribution in [2.45, 2.75) is 32.7 Å². The third-order valence-corrected chi connectivity index (χ3v) is 3.43. The molecule has 110 valence electrons. The number of carbonyl (C=O) groups excluding carboxylic acids is 1. The smallest absolute Gasteiger partial charge is 0.255 e. The first-order valence-electron chi connectivity index (χ1n) is 7.11. The van der Waals surface area contributed by atoms with E-state index < -0.39 is 0 Å².